The lowest BCUT2D eigenvalue weighted by Crippen LogP contribution is -2.30. The van der Waals surface area contributed by atoms with Crippen molar-refractivity contribution in [2.75, 3.05) is 38.8 Å². The molecular weight excluding hydrogens is 454 g/mol. The van der Waals surface area contributed by atoms with E-state index in [0.717, 1.165) is 49.4 Å². The standard InChI is InChI=1S/C29H45N3O4/c1-32(22-26(34)35-2)29-25(21-23-15-9-8-10-16-23)31-28(36-29)27(30-19-13-6-7-14-20-33)24-17-11-4-3-5-12-18-24/h8-10,15-16,24,27,30,33H,3-7,11-14,17-22H2,1-2H3. The van der Waals surface area contributed by atoms with Gasteiger partial charge < -0.3 is 24.5 Å². The summed E-state index contributed by atoms with van der Waals surface area (Å²) in [7, 11) is 3.26. The van der Waals surface area contributed by atoms with E-state index in [1.165, 1.54) is 52.1 Å². The van der Waals surface area contributed by atoms with Crippen molar-refractivity contribution in [2.45, 2.75) is 83.1 Å². The number of anilines is 1. The average molecular weight is 500 g/mol. The van der Waals surface area contributed by atoms with Crippen LogP contribution in [0.15, 0.2) is 34.7 Å². The van der Waals surface area contributed by atoms with Crippen molar-refractivity contribution >= 4 is 11.9 Å². The number of nitrogens with zero attached hydrogens (tertiary/aromatic N) is 2. The Morgan fingerprint density at radius 2 is 1.81 bits per heavy atom. The Morgan fingerprint density at radius 3 is 2.50 bits per heavy atom. The Kier molecular flexibility index (Phi) is 12.3. The van der Waals surface area contributed by atoms with Crippen LogP contribution in [0.5, 0.6) is 0 Å². The van der Waals surface area contributed by atoms with Crippen molar-refractivity contribution in [1.29, 1.82) is 0 Å². The second-order valence-electron chi connectivity index (χ2n) is 10.1. The van der Waals surface area contributed by atoms with Gasteiger partial charge in [-0.2, -0.15) is 0 Å². The molecule has 3 rings (SSSR count). The summed E-state index contributed by atoms with van der Waals surface area (Å²) in [5, 5.41) is 12.9. The number of aliphatic hydroxyl groups is 1. The molecule has 0 saturated heterocycles. The first-order valence-electron chi connectivity index (χ1n) is 13.8. The van der Waals surface area contributed by atoms with E-state index in [9.17, 15) is 4.79 Å². The van der Waals surface area contributed by atoms with Gasteiger partial charge in [-0.05, 0) is 43.7 Å². The van der Waals surface area contributed by atoms with Gasteiger partial charge in [-0.1, -0.05) is 75.3 Å². The van der Waals surface area contributed by atoms with Gasteiger partial charge in [0, 0.05) is 20.1 Å². The molecular formula is C29H45N3O4. The fourth-order valence-electron chi connectivity index (χ4n) is 5.15. The van der Waals surface area contributed by atoms with Gasteiger partial charge in [0.2, 0.25) is 11.8 Å². The number of unbranched alkanes of at least 4 members (excludes halogenated alkanes) is 3. The maximum atomic E-state index is 12.0. The van der Waals surface area contributed by atoms with Crippen molar-refractivity contribution in [2.24, 2.45) is 5.92 Å². The fraction of sp³-hybridized carbons (Fsp3) is 0.655. The average Bonchev–Trinajstić information content (AvgIpc) is 3.28. The summed E-state index contributed by atoms with van der Waals surface area (Å²) in [4.78, 5) is 18.9. The van der Waals surface area contributed by atoms with Gasteiger partial charge in [0.05, 0.1) is 13.2 Å². The van der Waals surface area contributed by atoms with Crippen molar-refractivity contribution < 1.29 is 19.1 Å². The minimum Gasteiger partial charge on any atom is -0.468 e. The Balaban J connectivity index is 1.85. The molecule has 0 spiro atoms. The van der Waals surface area contributed by atoms with Gasteiger partial charge in [0.1, 0.15) is 12.2 Å². The molecule has 36 heavy (non-hydrogen) atoms. The van der Waals surface area contributed by atoms with Crippen LogP contribution < -0.4 is 10.2 Å². The SMILES string of the molecule is COC(=O)CN(C)c1oc(C(NCCCCCCO)C2CCCCCCC2)nc1Cc1ccccc1. The summed E-state index contributed by atoms with van der Waals surface area (Å²) in [6.07, 6.45) is 13.5. The van der Waals surface area contributed by atoms with Crippen molar-refractivity contribution in [1.82, 2.24) is 10.3 Å². The first-order valence-corrected chi connectivity index (χ1v) is 13.8. The molecule has 2 aromatic rings. The minimum absolute atomic E-state index is 0.0516. The fourth-order valence-corrected chi connectivity index (χ4v) is 5.15. The molecule has 1 aromatic carbocycles. The number of hydrogen-bond donors (Lipinski definition) is 2. The molecule has 0 bridgehead atoms. The number of ether oxygens (including phenoxy) is 1. The largest absolute Gasteiger partial charge is 0.468 e. The van der Waals surface area contributed by atoms with Crippen molar-refractivity contribution in [3.05, 3.63) is 47.5 Å². The number of likely N-dealkylation sites (N-methyl/N-ethyl adjacent to an activating group) is 1. The zero-order valence-electron chi connectivity index (χ0n) is 22.2. The van der Waals surface area contributed by atoms with Gasteiger partial charge >= 0.3 is 5.97 Å². The van der Waals surface area contributed by atoms with Gasteiger partial charge in [0.15, 0.2) is 0 Å². The maximum absolute atomic E-state index is 12.0. The van der Waals surface area contributed by atoms with Crippen LogP contribution in [0.1, 0.15) is 93.8 Å². The number of hydrogen-bond acceptors (Lipinski definition) is 7. The maximum Gasteiger partial charge on any atom is 0.325 e. The van der Waals surface area contributed by atoms with E-state index in [1.54, 1.807) is 0 Å². The molecule has 1 aromatic heterocycles. The molecule has 1 fully saturated rings. The second kappa shape index (κ2) is 15.7. The second-order valence-corrected chi connectivity index (χ2v) is 10.1. The quantitative estimate of drug-likeness (QED) is 0.265. The number of aliphatic hydroxyl groups excluding tert-OH is 1. The third-order valence-corrected chi connectivity index (χ3v) is 7.18. The highest BCUT2D eigenvalue weighted by Gasteiger charge is 2.30. The van der Waals surface area contributed by atoms with Gasteiger partial charge in [-0.3, -0.25) is 4.79 Å². The first kappa shape index (κ1) is 28.2. The van der Waals surface area contributed by atoms with Crippen LogP contribution in [0.25, 0.3) is 0 Å². The van der Waals surface area contributed by atoms with E-state index < -0.39 is 0 Å². The van der Waals surface area contributed by atoms with Crippen LogP contribution in [0.4, 0.5) is 5.88 Å². The number of oxazole rings is 1. The Morgan fingerprint density at radius 1 is 1.11 bits per heavy atom. The monoisotopic (exact) mass is 499 g/mol. The molecule has 0 amide bonds. The number of benzene rings is 1. The smallest absolute Gasteiger partial charge is 0.325 e. The molecule has 1 saturated carbocycles. The number of methoxy groups -OCH3 is 1. The number of carbonyl (C=O) groups is 1. The number of esters is 1. The molecule has 7 nitrogen and oxygen atoms in total. The Labute approximate surface area is 216 Å². The minimum atomic E-state index is -0.307. The molecule has 1 atom stereocenters. The van der Waals surface area contributed by atoms with Crippen LogP contribution >= 0.6 is 0 Å². The number of aromatic nitrogens is 1. The molecule has 200 valence electrons. The van der Waals surface area contributed by atoms with E-state index in [-0.39, 0.29) is 25.2 Å². The van der Waals surface area contributed by atoms with Crippen LogP contribution in [0.2, 0.25) is 0 Å². The van der Waals surface area contributed by atoms with Crippen LogP contribution in [0, 0.1) is 5.92 Å². The summed E-state index contributed by atoms with van der Waals surface area (Å²) < 4.78 is 11.4. The summed E-state index contributed by atoms with van der Waals surface area (Å²) in [6, 6.07) is 10.3. The Hall–Kier alpha value is -2.38. The summed E-state index contributed by atoms with van der Waals surface area (Å²) >= 11 is 0. The third-order valence-electron chi connectivity index (χ3n) is 7.18. The molecule has 2 N–H and O–H groups in total. The van der Waals surface area contributed by atoms with E-state index in [0.29, 0.717) is 18.2 Å². The Bertz CT molecular complexity index is 878. The third kappa shape index (κ3) is 8.93. The van der Waals surface area contributed by atoms with Gasteiger partial charge in [0.25, 0.3) is 0 Å². The molecule has 0 radical (unpaired) electrons. The van der Waals surface area contributed by atoms with Crippen LogP contribution in [-0.2, 0) is 16.0 Å². The van der Waals surface area contributed by atoms with Gasteiger partial charge in [-0.15, -0.1) is 0 Å². The normalized spacial score (nSPS) is 15.8. The molecule has 1 heterocycles. The highest BCUT2D eigenvalue weighted by atomic mass is 16.5. The lowest BCUT2D eigenvalue weighted by molar-refractivity contribution is -0.138. The van der Waals surface area contributed by atoms with Crippen molar-refractivity contribution in [3.63, 3.8) is 0 Å². The lowest BCUT2D eigenvalue weighted by atomic mass is 9.85. The summed E-state index contributed by atoms with van der Waals surface area (Å²) in [5.74, 6) is 1.54. The molecule has 1 aliphatic rings. The highest BCUT2D eigenvalue weighted by Crippen LogP contribution is 2.36. The van der Waals surface area contributed by atoms with Crippen LogP contribution in [-0.4, -0.2) is 49.9 Å². The van der Waals surface area contributed by atoms with Gasteiger partial charge in [-0.25, -0.2) is 4.98 Å². The molecule has 1 aliphatic carbocycles. The molecule has 0 aliphatic heterocycles. The van der Waals surface area contributed by atoms with Crippen molar-refractivity contribution in [3.8, 4) is 0 Å². The number of rotatable bonds is 14. The zero-order valence-corrected chi connectivity index (χ0v) is 22.2. The summed E-state index contributed by atoms with van der Waals surface area (Å²) in [5.41, 5.74) is 2.01. The lowest BCUT2D eigenvalue weighted by Gasteiger charge is -2.27. The predicted molar refractivity (Wildman–Crippen MR) is 143 cm³/mol. The van der Waals surface area contributed by atoms with E-state index in [2.05, 4.69) is 17.4 Å². The van der Waals surface area contributed by atoms with Crippen LogP contribution in [0.3, 0.4) is 0 Å². The van der Waals surface area contributed by atoms with E-state index >= 15 is 0 Å². The summed E-state index contributed by atoms with van der Waals surface area (Å²) in [6.45, 7) is 1.27. The zero-order chi connectivity index (χ0) is 25.6. The number of carbonyl (C=O) groups excluding carboxylic acids is 1. The van der Waals surface area contributed by atoms with E-state index in [1.807, 2.05) is 30.1 Å². The molecule has 1 unspecified atom stereocenters. The predicted octanol–water partition coefficient (Wildman–Crippen LogP) is 5.42. The van der Waals surface area contributed by atoms with E-state index in [4.69, 9.17) is 19.2 Å². The highest BCUT2D eigenvalue weighted by molar-refractivity contribution is 5.75. The number of nitrogens with one attached hydrogen (secondary N) is 1. The molecule has 7 heteroatoms. The first-order chi connectivity index (χ1) is 17.6. The topological polar surface area (TPSA) is 87.8 Å².